The summed E-state index contributed by atoms with van der Waals surface area (Å²) in [6, 6.07) is 10.4. The van der Waals surface area contributed by atoms with Crippen LogP contribution >= 0.6 is 22.9 Å². The maximum absolute atomic E-state index is 13.6. The third-order valence-corrected chi connectivity index (χ3v) is 7.95. The van der Waals surface area contributed by atoms with Gasteiger partial charge in [-0.1, -0.05) is 36.8 Å². The van der Waals surface area contributed by atoms with Crippen LogP contribution in [0, 0.1) is 12.3 Å². The third kappa shape index (κ3) is 4.98. The number of alkyl halides is 1. The highest BCUT2D eigenvalue weighted by atomic mass is 35.5. The van der Waals surface area contributed by atoms with E-state index in [1.165, 1.54) is 16.0 Å². The van der Waals surface area contributed by atoms with Crippen LogP contribution in [0.15, 0.2) is 35.7 Å². The van der Waals surface area contributed by atoms with E-state index >= 15 is 0 Å². The first-order valence-electron chi connectivity index (χ1n) is 11.0. The lowest BCUT2D eigenvalue weighted by Crippen LogP contribution is -2.52. The number of carbonyl (C=O) groups is 2. The van der Waals surface area contributed by atoms with E-state index < -0.39 is 5.41 Å². The van der Waals surface area contributed by atoms with Crippen LogP contribution in [-0.2, 0) is 16.0 Å². The minimum Gasteiger partial charge on any atom is -0.330 e. The van der Waals surface area contributed by atoms with Crippen LogP contribution in [0.2, 0.25) is 0 Å². The summed E-state index contributed by atoms with van der Waals surface area (Å²) in [5, 5.41) is 2.11. The molecule has 31 heavy (non-hydrogen) atoms. The Bertz CT molecular complexity index is 922. The van der Waals surface area contributed by atoms with Gasteiger partial charge in [-0.15, -0.1) is 22.9 Å². The number of nitrogens with zero attached hydrogens (tertiary/aromatic N) is 2. The smallest absolute Gasteiger partial charge is 0.243 e. The Kier molecular flexibility index (Phi) is 7.48. The molecule has 0 fully saturated rings. The Hall–Kier alpha value is -1.85. The fraction of sp³-hybridized carbons (Fsp3) is 0.520. The first kappa shape index (κ1) is 23.8. The molecule has 0 saturated heterocycles. The van der Waals surface area contributed by atoms with Crippen LogP contribution in [0.3, 0.4) is 0 Å². The van der Waals surface area contributed by atoms with E-state index in [2.05, 4.69) is 42.6 Å². The number of hydrogen-bond acceptors (Lipinski definition) is 3. The second-order valence-corrected chi connectivity index (χ2v) is 10.4. The Morgan fingerprint density at radius 3 is 2.55 bits per heavy atom. The second-order valence-electron chi connectivity index (χ2n) is 9.16. The number of benzene rings is 1. The standard InChI is InChI=1S/C25H33ClN2O2S/c1-6-18(3)28(24(30)25(4,5)16-26)15-22(29)27-13-11-21-20(12-14-31-21)23(27)19-9-7-17(2)8-10-19/h7-10,12,14,18,23H,6,11,13,15-16H2,1-5H3. The molecule has 0 saturated carbocycles. The molecular weight excluding hydrogens is 428 g/mol. The molecule has 1 aliphatic rings. The number of thiophene rings is 1. The Morgan fingerprint density at radius 2 is 1.94 bits per heavy atom. The molecule has 168 valence electrons. The van der Waals surface area contributed by atoms with Gasteiger partial charge in [-0.25, -0.2) is 0 Å². The fourth-order valence-electron chi connectivity index (χ4n) is 4.02. The van der Waals surface area contributed by atoms with Gasteiger partial charge >= 0.3 is 0 Å². The van der Waals surface area contributed by atoms with Gasteiger partial charge in [-0.05, 0) is 63.1 Å². The molecule has 4 nitrogen and oxygen atoms in total. The number of halogens is 1. The van der Waals surface area contributed by atoms with Crippen molar-refractivity contribution < 1.29 is 9.59 Å². The van der Waals surface area contributed by atoms with E-state index in [9.17, 15) is 9.59 Å². The van der Waals surface area contributed by atoms with Crippen LogP contribution in [0.4, 0.5) is 0 Å². The van der Waals surface area contributed by atoms with Crippen molar-refractivity contribution in [1.82, 2.24) is 9.80 Å². The van der Waals surface area contributed by atoms with E-state index in [-0.39, 0.29) is 36.3 Å². The third-order valence-electron chi connectivity index (χ3n) is 6.28. The van der Waals surface area contributed by atoms with E-state index in [1.807, 2.05) is 32.6 Å². The number of aryl methyl sites for hydroxylation is 1. The Balaban J connectivity index is 1.92. The molecule has 2 aromatic rings. The quantitative estimate of drug-likeness (QED) is 0.517. The molecule has 0 N–H and O–H groups in total. The lowest BCUT2D eigenvalue weighted by Gasteiger charge is -2.40. The summed E-state index contributed by atoms with van der Waals surface area (Å²) in [7, 11) is 0. The summed E-state index contributed by atoms with van der Waals surface area (Å²) in [6.07, 6.45) is 1.64. The summed E-state index contributed by atoms with van der Waals surface area (Å²) in [5.74, 6) is 0.146. The maximum Gasteiger partial charge on any atom is 0.243 e. The van der Waals surface area contributed by atoms with Crippen LogP contribution in [-0.4, -0.2) is 46.6 Å². The van der Waals surface area contributed by atoms with Crippen molar-refractivity contribution in [1.29, 1.82) is 0 Å². The van der Waals surface area contributed by atoms with Gasteiger partial charge in [0, 0.05) is 23.3 Å². The van der Waals surface area contributed by atoms with Crippen molar-refractivity contribution in [3.63, 3.8) is 0 Å². The lowest BCUT2D eigenvalue weighted by molar-refractivity contribution is -0.148. The largest absolute Gasteiger partial charge is 0.330 e. The molecule has 0 aliphatic carbocycles. The molecule has 2 atom stereocenters. The average Bonchev–Trinajstić information content (AvgIpc) is 3.25. The van der Waals surface area contributed by atoms with E-state index in [0.29, 0.717) is 6.54 Å². The molecule has 0 radical (unpaired) electrons. The zero-order valence-electron chi connectivity index (χ0n) is 19.2. The summed E-state index contributed by atoms with van der Waals surface area (Å²) < 4.78 is 0. The zero-order valence-corrected chi connectivity index (χ0v) is 20.7. The van der Waals surface area contributed by atoms with Crippen molar-refractivity contribution in [3.05, 3.63) is 57.3 Å². The molecule has 1 aliphatic heterocycles. The summed E-state index contributed by atoms with van der Waals surface area (Å²) in [6.45, 7) is 10.5. The molecule has 1 aromatic heterocycles. The Labute approximate surface area is 195 Å². The number of rotatable bonds is 7. The number of fused-ring (bicyclic) bond motifs is 1. The predicted octanol–water partition coefficient (Wildman–Crippen LogP) is 5.42. The highest BCUT2D eigenvalue weighted by molar-refractivity contribution is 7.10. The number of hydrogen-bond donors (Lipinski definition) is 0. The van der Waals surface area contributed by atoms with Gasteiger partial charge in [-0.3, -0.25) is 9.59 Å². The Morgan fingerprint density at radius 1 is 1.26 bits per heavy atom. The minimum absolute atomic E-state index is 0.0125. The minimum atomic E-state index is -0.704. The van der Waals surface area contributed by atoms with Gasteiger partial charge in [0.2, 0.25) is 11.8 Å². The molecule has 2 amide bonds. The average molecular weight is 461 g/mol. The van der Waals surface area contributed by atoms with Crippen LogP contribution in [0.25, 0.3) is 0 Å². The summed E-state index contributed by atoms with van der Waals surface area (Å²) in [5.41, 5.74) is 2.81. The van der Waals surface area contributed by atoms with Crippen LogP contribution < -0.4 is 0 Å². The van der Waals surface area contributed by atoms with Crippen molar-refractivity contribution in [2.24, 2.45) is 5.41 Å². The second kappa shape index (κ2) is 9.74. The van der Waals surface area contributed by atoms with Crippen molar-refractivity contribution in [2.45, 2.75) is 59.5 Å². The van der Waals surface area contributed by atoms with Crippen molar-refractivity contribution >= 4 is 34.8 Å². The predicted molar refractivity (Wildman–Crippen MR) is 129 cm³/mol. The first-order valence-corrected chi connectivity index (χ1v) is 12.4. The van der Waals surface area contributed by atoms with Gasteiger partial charge < -0.3 is 9.80 Å². The van der Waals surface area contributed by atoms with Gasteiger partial charge in [-0.2, -0.15) is 0 Å². The molecule has 0 spiro atoms. The van der Waals surface area contributed by atoms with Gasteiger partial charge in [0.05, 0.1) is 11.5 Å². The molecular formula is C25H33ClN2O2S. The first-order chi connectivity index (χ1) is 14.7. The van der Waals surface area contributed by atoms with Crippen LogP contribution in [0.5, 0.6) is 0 Å². The van der Waals surface area contributed by atoms with Gasteiger partial charge in [0.15, 0.2) is 0 Å². The van der Waals surface area contributed by atoms with Gasteiger partial charge in [0.25, 0.3) is 0 Å². The van der Waals surface area contributed by atoms with Crippen molar-refractivity contribution in [2.75, 3.05) is 19.0 Å². The van der Waals surface area contributed by atoms with Crippen LogP contribution in [0.1, 0.15) is 61.7 Å². The monoisotopic (exact) mass is 460 g/mol. The molecule has 3 rings (SSSR count). The maximum atomic E-state index is 13.6. The van der Waals surface area contributed by atoms with Gasteiger partial charge in [0.1, 0.15) is 6.54 Å². The SMILES string of the molecule is CCC(C)N(CC(=O)N1CCc2sccc2C1c1ccc(C)cc1)C(=O)C(C)(C)CCl. The topological polar surface area (TPSA) is 40.6 Å². The molecule has 1 aromatic carbocycles. The zero-order chi connectivity index (χ0) is 22.8. The lowest BCUT2D eigenvalue weighted by atomic mass is 9.92. The summed E-state index contributed by atoms with van der Waals surface area (Å²) >= 11 is 7.84. The fourth-order valence-corrected chi connectivity index (χ4v) is 5.04. The summed E-state index contributed by atoms with van der Waals surface area (Å²) in [4.78, 5) is 31.9. The molecule has 2 unspecified atom stereocenters. The molecule has 6 heteroatoms. The number of amides is 2. The molecule has 2 heterocycles. The van der Waals surface area contributed by atoms with E-state index in [0.717, 1.165) is 18.4 Å². The van der Waals surface area contributed by atoms with E-state index in [4.69, 9.17) is 11.6 Å². The molecule has 0 bridgehead atoms. The van der Waals surface area contributed by atoms with Crippen molar-refractivity contribution in [3.8, 4) is 0 Å². The normalized spacial score (nSPS) is 17.2. The van der Waals surface area contributed by atoms with E-state index in [1.54, 1.807) is 16.2 Å². The number of carbonyl (C=O) groups excluding carboxylic acids is 2. The highest BCUT2D eigenvalue weighted by Crippen LogP contribution is 2.38. The highest BCUT2D eigenvalue weighted by Gasteiger charge is 2.38.